The van der Waals surface area contributed by atoms with E-state index in [1.54, 1.807) is 0 Å². The molecule has 0 unspecified atom stereocenters. The molecule has 0 radical (unpaired) electrons. The number of carboxylic acid groups (broad SMARTS) is 1. The van der Waals surface area contributed by atoms with E-state index in [0.29, 0.717) is 32.1 Å². The summed E-state index contributed by atoms with van der Waals surface area (Å²) in [5.74, 6) is -1.99. The van der Waals surface area contributed by atoms with Gasteiger partial charge in [-0.05, 0) is 57.8 Å². The van der Waals surface area contributed by atoms with Crippen LogP contribution in [0.4, 0.5) is 0 Å². The molecule has 0 aliphatic carbocycles. The summed E-state index contributed by atoms with van der Waals surface area (Å²) in [5.41, 5.74) is 0. The molecule has 1 N–H and O–H groups in total. The van der Waals surface area contributed by atoms with Gasteiger partial charge in [-0.1, -0.05) is 368 Å². The molecular weight excluding hydrogens is 1040 g/mol. The molecule has 0 aliphatic rings. The molecule has 0 atom stereocenters. The highest BCUT2D eigenvalue weighted by Gasteiger charge is 2.11. The number of allylic oxidation sites excluding steroid dienone is 2. The zero-order valence-electron chi connectivity index (χ0n) is 57.2. The van der Waals surface area contributed by atoms with Gasteiger partial charge in [-0.25, -0.2) is 0 Å². The molecule has 0 aliphatic heterocycles. The lowest BCUT2D eigenvalue weighted by Gasteiger charge is -2.04. The number of hydrogen-bond donors (Lipinski definition) is 1. The second-order valence-electron chi connectivity index (χ2n) is 25.3. The fourth-order valence-electron chi connectivity index (χ4n) is 10.9. The molecule has 0 fully saturated rings. The Morgan fingerprint density at radius 2 is 0.357 bits per heavy atom. The Balaban J connectivity index is -0.00000121. The first-order valence-electron chi connectivity index (χ1n) is 37.5. The highest BCUT2D eigenvalue weighted by Crippen LogP contribution is 2.18. The average Bonchev–Trinajstić information content (AvgIpc) is 3.48. The molecule has 8 heteroatoms. The van der Waals surface area contributed by atoms with Gasteiger partial charge in [-0.15, -0.1) is 0 Å². The fourth-order valence-corrected chi connectivity index (χ4v) is 10.9. The third kappa shape index (κ3) is 83.7. The fraction of sp³-hybridized carbons (Fsp3) is 0.908. The van der Waals surface area contributed by atoms with Crippen molar-refractivity contribution in [1.82, 2.24) is 0 Å². The lowest BCUT2D eigenvalue weighted by Crippen LogP contribution is -2.11. The SMILES string of the molecule is CCCCCC/C=C\CCCCCCCC(=O)OC(=O)CCCCCCCCCCCCCCC.CCCCCCCCCCCCCC(=O)OC(=O)CCCCCCCCCCC.CCCCCCCCCCCCCCCCCC(=O)O. The molecule has 0 bridgehead atoms. The number of ether oxygens (including phenoxy) is 2. The van der Waals surface area contributed by atoms with Crippen molar-refractivity contribution in [3.8, 4) is 0 Å². The highest BCUT2D eigenvalue weighted by molar-refractivity contribution is 5.85. The van der Waals surface area contributed by atoms with Gasteiger partial charge in [0.25, 0.3) is 0 Å². The number of unbranched alkanes of at least 4 members (excludes halogenated alkanes) is 53. The predicted octanol–water partition coefficient (Wildman–Crippen LogP) is 25.8. The van der Waals surface area contributed by atoms with Crippen LogP contribution in [0.15, 0.2) is 12.2 Å². The van der Waals surface area contributed by atoms with Crippen LogP contribution < -0.4 is 0 Å². The molecule has 0 saturated heterocycles. The van der Waals surface area contributed by atoms with Crippen molar-refractivity contribution in [1.29, 1.82) is 0 Å². The first kappa shape index (κ1) is 85.7. The lowest BCUT2D eigenvalue weighted by atomic mass is 10.0. The van der Waals surface area contributed by atoms with Gasteiger partial charge in [0.15, 0.2) is 0 Å². The number of aliphatic carboxylic acids is 1. The van der Waals surface area contributed by atoms with Crippen LogP contribution in [0.25, 0.3) is 0 Å². The van der Waals surface area contributed by atoms with E-state index in [9.17, 15) is 24.0 Å². The van der Waals surface area contributed by atoms with Crippen LogP contribution in [-0.2, 0) is 33.4 Å². The van der Waals surface area contributed by atoms with Crippen LogP contribution in [0.2, 0.25) is 0 Å². The molecule has 0 saturated carbocycles. The van der Waals surface area contributed by atoms with Gasteiger partial charge < -0.3 is 14.6 Å². The van der Waals surface area contributed by atoms with Crippen molar-refractivity contribution >= 4 is 29.8 Å². The van der Waals surface area contributed by atoms with Gasteiger partial charge in [0.1, 0.15) is 0 Å². The van der Waals surface area contributed by atoms with Crippen LogP contribution in [0.3, 0.4) is 0 Å². The van der Waals surface area contributed by atoms with E-state index in [-0.39, 0.29) is 23.9 Å². The summed E-state index contributed by atoms with van der Waals surface area (Å²) in [7, 11) is 0. The van der Waals surface area contributed by atoms with Crippen LogP contribution >= 0.6 is 0 Å². The van der Waals surface area contributed by atoms with Gasteiger partial charge in [0, 0.05) is 32.1 Å². The number of hydrogen-bond acceptors (Lipinski definition) is 7. The van der Waals surface area contributed by atoms with Crippen LogP contribution in [0.1, 0.15) is 446 Å². The predicted molar refractivity (Wildman–Crippen MR) is 363 cm³/mol. The number of carbonyl (C=O) groups is 5. The maximum atomic E-state index is 11.8. The summed E-state index contributed by atoms with van der Waals surface area (Å²) in [6.07, 6.45) is 81.2. The molecule has 0 rings (SSSR count). The highest BCUT2D eigenvalue weighted by atomic mass is 16.6. The maximum absolute atomic E-state index is 11.8. The monoisotopic (exact) mass is 1190 g/mol. The first-order chi connectivity index (χ1) is 41.2. The van der Waals surface area contributed by atoms with Gasteiger partial charge >= 0.3 is 29.8 Å². The van der Waals surface area contributed by atoms with E-state index in [1.807, 2.05) is 0 Å². The summed E-state index contributed by atoms with van der Waals surface area (Å²) >= 11 is 0. The second-order valence-corrected chi connectivity index (χ2v) is 25.3. The molecule has 0 amide bonds. The minimum absolute atomic E-state index is 0.332. The third-order valence-electron chi connectivity index (χ3n) is 16.5. The largest absolute Gasteiger partial charge is 0.481 e. The summed E-state index contributed by atoms with van der Waals surface area (Å²) in [4.78, 5) is 57.5. The van der Waals surface area contributed by atoms with Gasteiger partial charge in [0.05, 0.1) is 0 Å². The Morgan fingerprint density at radius 3 is 0.536 bits per heavy atom. The van der Waals surface area contributed by atoms with E-state index < -0.39 is 5.97 Å². The number of carbonyl (C=O) groups excluding carboxylic acids is 4. The number of rotatable bonds is 65. The maximum Gasteiger partial charge on any atom is 0.313 e. The number of esters is 4. The van der Waals surface area contributed by atoms with E-state index >= 15 is 0 Å². The zero-order valence-corrected chi connectivity index (χ0v) is 57.2. The molecule has 498 valence electrons. The van der Waals surface area contributed by atoms with Gasteiger partial charge in [-0.3, -0.25) is 24.0 Å². The Hall–Kier alpha value is -2.51. The molecule has 0 aromatic rings. The summed E-state index contributed by atoms with van der Waals surface area (Å²) < 4.78 is 9.91. The second kappa shape index (κ2) is 78.5. The topological polar surface area (TPSA) is 124 Å². The van der Waals surface area contributed by atoms with Crippen molar-refractivity contribution in [2.45, 2.75) is 446 Å². The minimum Gasteiger partial charge on any atom is -0.481 e. The Kier molecular flexibility index (Phi) is 80.1. The summed E-state index contributed by atoms with van der Waals surface area (Å²) in [6, 6.07) is 0. The summed E-state index contributed by atoms with van der Waals surface area (Å²) in [5, 5.41) is 8.52. The molecule has 0 heterocycles. The van der Waals surface area contributed by atoms with Crippen molar-refractivity contribution in [2.24, 2.45) is 0 Å². The van der Waals surface area contributed by atoms with Crippen molar-refractivity contribution < 1.29 is 38.6 Å². The van der Waals surface area contributed by atoms with Crippen LogP contribution in [0, 0.1) is 0 Å². The first-order valence-corrected chi connectivity index (χ1v) is 37.5. The molecular formula is C76H146O8. The third-order valence-corrected chi connectivity index (χ3v) is 16.5. The quantitative estimate of drug-likeness (QED) is 0.0276. The van der Waals surface area contributed by atoms with E-state index in [0.717, 1.165) is 70.6 Å². The summed E-state index contributed by atoms with van der Waals surface area (Å²) in [6.45, 7) is 11.3. The average molecular weight is 1190 g/mol. The lowest BCUT2D eigenvalue weighted by molar-refractivity contribution is -0.161. The molecule has 84 heavy (non-hydrogen) atoms. The minimum atomic E-state index is -0.653. The molecule has 8 nitrogen and oxygen atoms in total. The van der Waals surface area contributed by atoms with Crippen molar-refractivity contribution in [2.75, 3.05) is 0 Å². The normalized spacial score (nSPS) is 11.1. The Bertz CT molecular complexity index is 1360. The Labute approximate surface area is 523 Å². The molecule has 0 aromatic heterocycles. The van der Waals surface area contributed by atoms with Crippen molar-refractivity contribution in [3.63, 3.8) is 0 Å². The van der Waals surface area contributed by atoms with Crippen LogP contribution in [0.5, 0.6) is 0 Å². The zero-order chi connectivity index (χ0) is 62.0. The number of carboxylic acids is 1. The Morgan fingerprint density at radius 1 is 0.214 bits per heavy atom. The standard InChI is InChI=1S/C32H60O3.C26H50O3.C18H36O2/c1-3-5-7-9-11-13-15-17-19-21-23-25-27-29-31(33)35-32(34)30-28-26-24-22-20-18-16-14-12-10-8-6-4-2;1-3-5-7-9-11-13-14-16-18-20-22-24-26(28)29-25(27)23-21-19-17-15-12-10-8-6-4-2;1-2-3-4-5-6-7-8-9-10-11-12-13-14-15-16-17-18(19)20/h13,15H,3-12,14,16-30H2,1-2H3;3-24H2,1-2H3;2-17H2,1H3,(H,19,20)/b15-13-;;. The van der Waals surface area contributed by atoms with E-state index in [4.69, 9.17) is 14.6 Å². The van der Waals surface area contributed by atoms with E-state index in [2.05, 4.69) is 46.8 Å². The van der Waals surface area contributed by atoms with Gasteiger partial charge in [-0.2, -0.15) is 0 Å². The smallest absolute Gasteiger partial charge is 0.313 e. The molecule has 0 spiro atoms. The molecule has 0 aromatic carbocycles. The van der Waals surface area contributed by atoms with E-state index in [1.165, 1.54) is 308 Å². The van der Waals surface area contributed by atoms with Crippen molar-refractivity contribution in [3.05, 3.63) is 12.2 Å². The van der Waals surface area contributed by atoms with Gasteiger partial charge in [0.2, 0.25) is 0 Å². The van der Waals surface area contributed by atoms with Crippen LogP contribution in [-0.4, -0.2) is 35.0 Å².